The molecule has 0 bridgehead atoms. The maximum atomic E-state index is 10.8. The fourth-order valence-electron chi connectivity index (χ4n) is 8.45. The summed E-state index contributed by atoms with van der Waals surface area (Å²) in [7, 11) is 0. The van der Waals surface area contributed by atoms with Gasteiger partial charge in [0.2, 0.25) is 0 Å². The highest BCUT2D eigenvalue weighted by molar-refractivity contribution is 6.12. The third-order valence-corrected chi connectivity index (χ3v) is 11.4. The summed E-state index contributed by atoms with van der Waals surface area (Å²) in [5, 5.41) is 43.5. The molecular weight excluding hydrogens is 785 g/mol. The maximum absolute atomic E-state index is 10.8. The van der Waals surface area contributed by atoms with E-state index in [-0.39, 0.29) is 11.1 Å². The predicted octanol–water partition coefficient (Wildman–Crippen LogP) is 12.8. The number of aryl methyl sites for hydroxylation is 1. The second-order valence-electron chi connectivity index (χ2n) is 15.4. The molecule has 8 aromatic carbocycles. The molecule has 0 aliphatic heterocycles. The van der Waals surface area contributed by atoms with Gasteiger partial charge in [0.25, 0.3) is 0 Å². The zero-order chi connectivity index (χ0) is 43.7. The second-order valence-corrected chi connectivity index (χ2v) is 15.4. The number of aromatic nitrogens is 4. The molecule has 2 aromatic heterocycles. The first-order valence-corrected chi connectivity index (χ1v) is 20.5. The molecule has 10 aromatic rings. The summed E-state index contributed by atoms with van der Waals surface area (Å²) in [6.45, 7) is 2.08. The van der Waals surface area contributed by atoms with Crippen LogP contribution in [0, 0.1) is 52.2 Å². The average Bonchev–Trinajstić information content (AvgIpc) is 3.69. The van der Waals surface area contributed by atoms with Crippen molar-refractivity contribution in [3.63, 3.8) is 0 Å². The molecule has 64 heavy (non-hydrogen) atoms. The van der Waals surface area contributed by atoms with Crippen LogP contribution in [0.3, 0.4) is 0 Å². The number of hydrogen-bond donors (Lipinski definition) is 0. The quantitative estimate of drug-likeness (QED) is 0.156. The van der Waals surface area contributed by atoms with Crippen LogP contribution >= 0.6 is 0 Å². The van der Waals surface area contributed by atoms with E-state index in [9.17, 15) is 21.0 Å². The molecule has 296 valence electrons. The van der Waals surface area contributed by atoms with Gasteiger partial charge in [-0.1, -0.05) is 127 Å². The topological polar surface area (TPSA) is 139 Å². The fourth-order valence-corrected chi connectivity index (χ4v) is 8.45. The molecule has 0 amide bonds. The largest absolute Gasteiger partial charge is 0.308 e. The van der Waals surface area contributed by atoms with E-state index in [1.165, 1.54) is 0 Å². The minimum Gasteiger partial charge on any atom is -0.308 e. The standard InChI is InChI=1S/C56H32N8/c1-35-11-10-16-40(25-35)41-21-24-52-48(28-41)47-17-8-9-18-51(47)64(52)53-49(45-22-19-36(31-57)26-43(45)33-59)29-42(30-50(53)46-23-20-37(32-58)27-44(46)34-60)56-62-54(38-12-4-2-5-13-38)61-55(63-56)39-14-6-3-7-15-39/h2-30H,1H3. The first kappa shape index (κ1) is 38.7. The molecule has 0 aliphatic carbocycles. The van der Waals surface area contributed by atoms with Gasteiger partial charge in [0.15, 0.2) is 17.5 Å². The second kappa shape index (κ2) is 16.2. The van der Waals surface area contributed by atoms with E-state index in [0.29, 0.717) is 62.1 Å². The van der Waals surface area contributed by atoms with Gasteiger partial charge < -0.3 is 4.57 Å². The molecule has 0 spiro atoms. The Balaban J connectivity index is 1.37. The van der Waals surface area contributed by atoms with E-state index in [2.05, 4.69) is 90.4 Å². The number of benzene rings is 8. The summed E-state index contributed by atoms with van der Waals surface area (Å²) in [4.78, 5) is 15.1. The van der Waals surface area contributed by atoms with E-state index in [1.54, 1.807) is 36.4 Å². The maximum Gasteiger partial charge on any atom is 0.164 e. The number of hydrogen-bond acceptors (Lipinski definition) is 7. The summed E-state index contributed by atoms with van der Waals surface area (Å²) in [5.41, 5.74) is 11.6. The van der Waals surface area contributed by atoms with Crippen molar-refractivity contribution in [3.05, 3.63) is 204 Å². The molecule has 0 radical (unpaired) electrons. The van der Waals surface area contributed by atoms with Crippen LogP contribution in [0.15, 0.2) is 176 Å². The highest BCUT2D eigenvalue weighted by Crippen LogP contribution is 2.46. The highest BCUT2D eigenvalue weighted by Gasteiger charge is 2.26. The van der Waals surface area contributed by atoms with Gasteiger partial charge in [0, 0.05) is 49.7 Å². The Hall–Kier alpha value is -9.47. The van der Waals surface area contributed by atoms with Crippen molar-refractivity contribution < 1.29 is 0 Å². The third kappa shape index (κ3) is 6.87. The van der Waals surface area contributed by atoms with E-state index in [4.69, 9.17) is 15.0 Å². The molecule has 0 saturated carbocycles. The molecule has 8 nitrogen and oxygen atoms in total. The van der Waals surface area contributed by atoms with E-state index < -0.39 is 0 Å². The van der Waals surface area contributed by atoms with Crippen molar-refractivity contribution in [3.8, 4) is 97.5 Å². The van der Waals surface area contributed by atoms with Crippen molar-refractivity contribution in [1.29, 1.82) is 21.0 Å². The smallest absolute Gasteiger partial charge is 0.164 e. The lowest BCUT2D eigenvalue weighted by atomic mass is 9.88. The Labute approximate surface area is 369 Å². The van der Waals surface area contributed by atoms with Crippen molar-refractivity contribution in [1.82, 2.24) is 19.5 Å². The van der Waals surface area contributed by atoms with E-state index in [1.807, 2.05) is 84.9 Å². The van der Waals surface area contributed by atoms with Crippen LogP contribution in [0.2, 0.25) is 0 Å². The lowest BCUT2D eigenvalue weighted by Crippen LogP contribution is -2.05. The first-order chi connectivity index (χ1) is 31.4. The molecule has 0 aliphatic rings. The fraction of sp³-hybridized carbons (Fsp3) is 0.0179. The molecule has 0 saturated heterocycles. The normalized spacial score (nSPS) is 10.8. The van der Waals surface area contributed by atoms with Crippen LogP contribution < -0.4 is 0 Å². The summed E-state index contributed by atoms with van der Waals surface area (Å²) in [5.74, 6) is 1.30. The average molecular weight is 817 g/mol. The summed E-state index contributed by atoms with van der Waals surface area (Å²) in [6, 6.07) is 65.8. The molecule has 10 rings (SSSR count). The predicted molar refractivity (Wildman–Crippen MR) is 250 cm³/mol. The van der Waals surface area contributed by atoms with Gasteiger partial charge in [-0.2, -0.15) is 21.0 Å². The van der Waals surface area contributed by atoms with Crippen molar-refractivity contribution in [2.75, 3.05) is 0 Å². The van der Waals surface area contributed by atoms with Crippen LogP contribution in [0.1, 0.15) is 27.8 Å². The molecular formula is C56H32N8. The SMILES string of the molecule is Cc1cccc(-c2ccc3c(c2)c2ccccc2n3-c2c(-c3ccc(C#N)cc3C#N)cc(-c3nc(-c4ccccc4)nc(-c4ccccc4)n3)cc2-c2ccc(C#N)cc2C#N)c1. The summed E-state index contributed by atoms with van der Waals surface area (Å²) < 4.78 is 2.19. The Kier molecular flexibility index (Phi) is 9.79. The molecule has 2 heterocycles. The van der Waals surface area contributed by atoms with Gasteiger partial charge in [-0.3, -0.25) is 0 Å². The van der Waals surface area contributed by atoms with Crippen molar-refractivity contribution in [2.45, 2.75) is 6.92 Å². The lowest BCUT2D eigenvalue weighted by Gasteiger charge is -2.22. The number of fused-ring (bicyclic) bond motifs is 3. The lowest BCUT2D eigenvalue weighted by molar-refractivity contribution is 1.07. The van der Waals surface area contributed by atoms with E-state index >= 15 is 0 Å². The van der Waals surface area contributed by atoms with Gasteiger partial charge in [-0.15, -0.1) is 0 Å². The first-order valence-electron chi connectivity index (χ1n) is 20.5. The molecule has 8 heteroatoms. The molecule has 0 atom stereocenters. The van der Waals surface area contributed by atoms with Crippen LogP contribution in [0.25, 0.3) is 95.0 Å². The number of rotatable bonds is 7. The number of nitrogens with zero attached hydrogens (tertiary/aromatic N) is 8. The highest BCUT2D eigenvalue weighted by atomic mass is 15.0. The Morgan fingerprint density at radius 1 is 0.375 bits per heavy atom. The van der Waals surface area contributed by atoms with Crippen LogP contribution in [-0.2, 0) is 0 Å². The molecule has 0 fully saturated rings. The molecule has 0 unspecified atom stereocenters. The summed E-state index contributed by atoms with van der Waals surface area (Å²) in [6.07, 6.45) is 0. The van der Waals surface area contributed by atoms with Crippen LogP contribution in [-0.4, -0.2) is 19.5 Å². The monoisotopic (exact) mass is 816 g/mol. The number of para-hydroxylation sites is 1. The minimum atomic E-state index is 0.289. The molecule has 0 N–H and O–H groups in total. The summed E-state index contributed by atoms with van der Waals surface area (Å²) >= 11 is 0. The number of nitriles is 4. The van der Waals surface area contributed by atoms with Gasteiger partial charge in [0.1, 0.15) is 0 Å². The Morgan fingerprint density at radius 2 is 0.875 bits per heavy atom. The van der Waals surface area contributed by atoms with Crippen LogP contribution in [0.4, 0.5) is 0 Å². The van der Waals surface area contributed by atoms with E-state index in [0.717, 1.165) is 49.6 Å². The van der Waals surface area contributed by atoms with Gasteiger partial charge in [0.05, 0.1) is 63.3 Å². The Morgan fingerprint density at radius 3 is 1.42 bits per heavy atom. The third-order valence-electron chi connectivity index (χ3n) is 11.4. The minimum absolute atomic E-state index is 0.289. The van der Waals surface area contributed by atoms with Gasteiger partial charge >= 0.3 is 0 Å². The van der Waals surface area contributed by atoms with Crippen molar-refractivity contribution in [2.24, 2.45) is 0 Å². The zero-order valence-corrected chi connectivity index (χ0v) is 34.3. The van der Waals surface area contributed by atoms with Crippen LogP contribution in [0.5, 0.6) is 0 Å². The van der Waals surface area contributed by atoms with Gasteiger partial charge in [-0.25, -0.2) is 15.0 Å². The van der Waals surface area contributed by atoms with Gasteiger partial charge in [-0.05, 0) is 72.6 Å². The Bertz CT molecular complexity index is 3520. The van der Waals surface area contributed by atoms with Crippen molar-refractivity contribution >= 4 is 21.8 Å². The zero-order valence-electron chi connectivity index (χ0n) is 34.3.